The third-order valence-electron chi connectivity index (χ3n) is 3.48. The van der Waals surface area contributed by atoms with Gasteiger partial charge in [0.25, 0.3) is 0 Å². The largest absolute Gasteiger partial charge is 0.480 e. The molecule has 110 valence electrons. The van der Waals surface area contributed by atoms with Crippen LogP contribution < -0.4 is 11.1 Å². The number of urea groups is 1. The predicted octanol–water partition coefficient (Wildman–Crippen LogP) is -0.604. The molecule has 8 heteroatoms. The van der Waals surface area contributed by atoms with E-state index in [2.05, 4.69) is 15.3 Å². The number of rotatable bonds is 5. The van der Waals surface area contributed by atoms with Gasteiger partial charge in [0.15, 0.2) is 0 Å². The molecular formula is C12H19N5O3. The summed E-state index contributed by atoms with van der Waals surface area (Å²) >= 11 is 0. The Morgan fingerprint density at radius 3 is 3.00 bits per heavy atom. The highest BCUT2D eigenvalue weighted by Crippen LogP contribution is 2.14. The highest BCUT2D eigenvalue weighted by atomic mass is 16.4. The molecule has 8 nitrogen and oxygen atoms in total. The van der Waals surface area contributed by atoms with Crippen molar-refractivity contribution >= 4 is 12.0 Å². The summed E-state index contributed by atoms with van der Waals surface area (Å²) in [5.41, 5.74) is 6.24. The molecule has 1 aromatic rings. The average molecular weight is 281 g/mol. The van der Waals surface area contributed by atoms with Crippen molar-refractivity contribution in [2.24, 2.45) is 11.7 Å². The average Bonchev–Trinajstić information content (AvgIpc) is 3.08. The Labute approximate surface area is 116 Å². The van der Waals surface area contributed by atoms with Gasteiger partial charge in [0.1, 0.15) is 6.04 Å². The van der Waals surface area contributed by atoms with E-state index >= 15 is 0 Å². The molecule has 1 aliphatic heterocycles. The number of nitrogens with zero attached hydrogens (tertiary/aromatic N) is 2. The quantitative estimate of drug-likeness (QED) is 0.573. The number of carbonyl (C=O) groups is 2. The predicted molar refractivity (Wildman–Crippen MR) is 71.0 cm³/mol. The van der Waals surface area contributed by atoms with Crippen molar-refractivity contribution < 1.29 is 14.7 Å². The number of hydrogen-bond acceptors (Lipinski definition) is 4. The zero-order valence-corrected chi connectivity index (χ0v) is 11.1. The number of nitrogens with one attached hydrogen (secondary N) is 2. The van der Waals surface area contributed by atoms with Crippen LogP contribution in [0.15, 0.2) is 12.5 Å². The zero-order chi connectivity index (χ0) is 14.5. The highest BCUT2D eigenvalue weighted by molar-refractivity contribution is 5.82. The third kappa shape index (κ3) is 3.47. The van der Waals surface area contributed by atoms with Crippen LogP contribution in [0.2, 0.25) is 0 Å². The van der Waals surface area contributed by atoms with Crippen LogP contribution in [-0.2, 0) is 11.2 Å². The maximum absolute atomic E-state index is 12.0. The first-order valence-corrected chi connectivity index (χ1v) is 6.55. The summed E-state index contributed by atoms with van der Waals surface area (Å²) in [4.78, 5) is 31.5. The number of amides is 2. The van der Waals surface area contributed by atoms with Crippen molar-refractivity contribution in [3.63, 3.8) is 0 Å². The smallest absolute Gasteiger partial charge is 0.326 e. The van der Waals surface area contributed by atoms with Gasteiger partial charge in [-0.15, -0.1) is 0 Å². The van der Waals surface area contributed by atoms with Gasteiger partial charge in [-0.05, 0) is 18.9 Å². The lowest BCUT2D eigenvalue weighted by molar-refractivity contribution is -0.139. The monoisotopic (exact) mass is 281 g/mol. The maximum Gasteiger partial charge on any atom is 0.326 e. The molecular weight excluding hydrogens is 262 g/mol. The number of imidazole rings is 1. The molecule has 1 aliphatic rings. The third-order valence-corrected chi connectivity index (χ3v) is 3.48. The van der Waals surface area contributed by atoms with Crippen LogP contribution in [0.3, 0.4) is 0 Å². The number of aromatic amines is 1. The maximum atomic E-state index is 12.0. The highest BCUT2D eigenvalue weighted by Gasteiger charge is 2.28. The van der Waals surface area contributed by atoms with Crippen LogP contribution in [0.1, 0.15) is 12.1 Å². The van der Waals surface area contributed by atoms with Gasteiger partial charge in [-0.25, -0.2) is 14.6 Å². The molecule has 2 heterocycles. The first-order valence-electron chi connectivity index (χ1n) is 6.55. The van der Waals surface area contributed by atoms with Crippen molar-refractivity contribution in [3.8, 4) is 0 Å². The van der Waals surface area contributed by atoms with Gasteiger partial charge in [-0.1, -0.05) is 0 Å². The molecule has 5 N–H and O–H groups in total. The number of carboxylic acid groups (broad SMARTS) is 1. The zero-order valence-electron chi connectivity index (χ0n) is 11.1. The van der Waals surface area contributed by atoms with E-state index in [1.807, 2.05) is 0 Å². The van der Waals surface area contributed by atoms with Gasteiger partial charge in [0.2, 0.25) is 0 Å². The minimum Gasteiger partial charge on any atom is -0.480 e. The van der Waals surface area contributed by atoms with E-state index < -0.39 is 12.0 Å². The summed E-state index contributed by atoms with van der Waals surface area (Å²) in [5.74, 6) is -0.765. The number of aromatic nitrogens is 2. The van der Waals surface area contributed by atoms with Crippen LogP contribution in [-0.4, -0.2) is 57.7 Å². The topological polar surface area (TPSA) is 124 Å². The summed E-state index contributed by atoms with van der Waals surface area (Å²) in [6, 6.07) is -1.33. The number of likely N-dealkylation sites (tertiary alicyclic amines) is 1. The molecule has 1 aromatic heterocycles. The van der Waals surface area contributed by atoms with E-state index in [0.717, 1.165) is 6.42 Å². The fourth-order valence-corrected chi connectivity index (χ4v) is 2.27. The van der Waals surface area contributed by atoms with Crippen molar-refractivity contribution in [1.29, 1.82) is 0 Å². The Hall–Kier alpha value is -2.09. The second kappa shape index (κ2) is 6.38. The molecule has 0 saturated carbocycles. The Morgan fingerprint density at radius 2 is 2.45 bits per heavy atom. The molecule has 20 heavy (non-hydrogen) atoms. The van der Waals surface area contributed by atoms with E-state index in [1.165, 1.54) is 6.33 Å². The number of carbonyl (C=O) groups excluding carboxylic acids is 1. The molecule has 0 radical (unpaired) electrons. The summed E-state index contributed by atoms with van der Waals surface area (Å²) in [5, 5.41) is 11.7. The van der Waals surface area contributed by atoms with Crippen molar-refractivity contribution in [2.75, 3.05) is 19.6 Å². The summed E-state index contributed by atoms with van der Waals surface area (Å²) < 4.78 is 0. The van der Waals surface area contributed by atoms with Crippen LogP contribution in [0, 0.1) is 5.92 Å². The molecule has 0 bridgehead atoms. The Balaban J connectivity index is 1.91. The molecule has 0 aromatic carbocycles. The lowest BCUT2D eigenvalue weighted by atomic mass is 10.1. The lowest BCUT2D eigenvalue weighted by Crippen LogP contribution is -2.48. The van der Waals surface area contributed by atoms with Gasteiger partial charge in [-0.3, -0.25) is 0 Å². The summed E-state index contributed by atoms with van der Waals surface area (Å²) in [6.45, 7) is 1.74. The van der Waals surface area contributed by atoms with Gasteiger partial charge in [-0.2, -0.15) is 0 Å². The van der Waals surface area contributed by atoms with E-state index in [9.17, 15) is 14.7 Å². The van der Waals surface area contributed by atoms with Crippen LogP contribution in [0.5, 0.6) is 0 Å². The van der Waals surface area contributed by atoms with Crippen LogP contribution >= 0.6 is 0 Å². The molecule has 1 unspecified atom stereocenters. The molecule has 0 spiro atoms. The van der Waals surface area contributed by atoms with Gasteiger partial charge in [0.05, 0.1) is 6.33 Å². The van der Waals surface area contributed by atoms with Crippen molar-refractivity contribution in [2.45, 2.75) is 18.9 Å². The summed E-state index contributed by atoms with van der Waals surface area (Å²) in [6.07, 6.45) is 4.06. The standard InChI is InChI=1S/C12H19N5O3/c13-4-8-1-2-17(6-8)12(20)16-10(11(18)19)3-9-5-14-7-15-9/h5,7-8,10H,1-4,6,13H2,(H,14,15)(H,16,20)(H,18,19)/t8?,10-/m1/s1. The Kier molecular flexibility index (Phi) is 4.57. The second-order valence-electron chi connectivity index (χ2n) is 4.96. The molecule has 2 atom stereocenters. The SMILES string of the molecule is NCC1CCN(C(=O)N[C@H](Cc2cnc[nH]2)C(=O)O)C1. The van der Waals surface area contributed by atoms with E-state index in [1.54, 1.807) is 11.1 Å². The summed E-state index contributed by atoms with van der Waals surface area (Å²) in [7, 11) is 0. The van der Waals surface area contributed by atoms with Crippen molar-refractivity contribution in [1.82, 2.24) is 20.2 Å². The normalized spacial score (nSPS) is 19.9. The Morgan fingerprint density at radius 1 is 1.65 bits per heavy atom. The fraction of sp³-hybridized carbons (Fsp3) is 0.583. The first-order chi connectivity index (χ1) is 9.60. The second-order valence-corrected chi connectivity index (χ2v) is 4.96. The van der Waals surface area contributed by atoms with Crippen LogP contribution in [0.4, 0.5) is 4.79 Å². The number of carboxylic acids is 1. The molecule has 1 saturated heterocycles. The molecule has 0 aliphatic carbocycles. The molecule has 2 amide bonds. The van der Waals surface area contributed by atoms with Crippen LogP contribution in [0.25, 0.3) is 0 Å². The van der Waals surface area contributed by atoms with Crippen molar-refractivity contribution in [3.05, 3.63) is 18.2 Å². The number of H-pyrrole nitrogens is 1. The van der Waals surface area contributed by atoms with Gasteiger partial charge < -0.3 is 26.0 Å². The number of hydrogen-bond donors (Lipinski definition) is 4. The van der Waals surface area contributed by atoms with E-state index in [4.69, 9.17) is 5.73 Å². The van der Waals surface area contributed by atoms with Gasteiger partial charge >= 0.3 is 12.0 Å². The van der Waals surface area contributed by atoms with E-state index in [-0.39, 0.29) is 12.5 Å². The fourth-order valence-electron chi connectivity index (χ4n) is 2.27. The first kappa shape index (κ1) is 14.3. The minimum absolute atomic E-state index is 0.176. The van der Waals surface area contributed by atoms with E-state index in [0.29, 0.717) is 31.2 Å². The number of nitrogens with two attached hydrogens (primary N) is 1. The van der Waals surface area contributed by atoms with Gasteiger partial charge in [0, 0.05) is 31.4 Å². The number of aliphatic carboxylic acids is 1. The molecule has 1 fully saturated rings. The minimum atomic E-state index is -1.07. The molecule has 2 rings (SSSR count). The Bertz CT molecular complexity index is 462. The lowest BCUT2D eigenvalue weighted by Gasteiger charge is -2.20.